The Bertz CT molecular complexity index is 579. The lowest BCUT2D eigenvalue weighted by atomic mass is 10.4. The minimum Gasteiger partial charge on any atom is -0.468 e. The van der Waals surface area contributed by atoms with Crippen molar-refractivity contribution in [2.24, 2.45) is 0 Å². The third kappa shape index (κ3) is 4.04. The molecule has 0 fully saturated rings. The Morgan fingerprint density at radius 1 is 1.42 bits per heavy atom. The van der Waals surface area contributed by atoms with Crippen LogP contribution < -0.4 is 4.72 Å². The molecule has 1 aromatic carbocycles. The second-order valence-electron chi connectivity index (χ2n) is 3.43. The Hall–Kier alpha value is -0.890. The standard InChI is InChI=1S/C10H10Cl2FNO4S/c1-18-10(15)9(5-13)14-19(16,17)6-2-3-7(11)8(12)4-6/h2-4,9,14H,5H2,1H3. The van der Waals surface area contributed by atoms with E-state index >= 15 is 0 Å². The van der Waals surface area contributed by atoms with Crippen LogP contribution in [0.25, 0.3) is 0 Å². The van der Waals surface area contributed by atoms with E-state index in [4.69, 9.17) is 23.2 Å². The number of carbonyl (C=O) groups excluding carboxylic acids is 1. The summed E-state index contributed by atoms with van der Waals surface area (Å²) < 4.78 is 42.6. The minimum absolute atomic E-state index is 0.0272. The van der Waals surface area contributed by atoms with E-state index in [9.17, 15) is 17.6 Å². The van der Waals surface area contributed by atoms with Crippen LogP contribution in [0.15, 0.2) is 23.1 Å². The first-order valence-electron chi connectivity index (χ1n) is 4.93. The van der Waals surface area contributed by atoms with E-state index in [2.05, 4.69) is 4.74 Å². The van der Waals surface area contributed by atoms with Crippen LogP contribution in [0.1, 0.15) is 0 Å². The fourth-order valence-electron chi connectivity index (χ4n) is 1.18. The number of nitrogens with one attached hydrogen (secondary N) is 1. The fraction of sp³-hybridized carbons (Fsp3) is 0.300. The van der Waals surface area contributed by atoms with Crippen molar-refractivity contribution in [3.05, 3.63) is 28.2 Å². The molecular formula is C10H10Cl2FNO4S. The van der Waals surface area contributed by atoms with Crippen LogP contribution >= 0.6 is 23.2 Å². The highest BCUT2D eigenvalue weighted by Crippen LogP contribution is 2.24. The maximum atomic E-state index is 12.6. The summed E-state index contributed by atoms with van der Waals surface area (Å²) in [6.07, 6.45) is 0. The SMILES string of the molecule is COC(=O)C(CF)NS(=O)(=O)c1ccc(Cl)c(Cl)c1. The molecule has 0 aromatic heterocycles. The van der Waals surface area contributed by atoms with Crippen molar-refractivity contribution in [2.45, 2.75) is 10.9 Å². The van der Waals surface area contributed by atoms with E-state index in [-0.39, 0.29) is 14.9 Å². The molecule has 0 aliphatic carbocycles. The maximum Gasteiger partial charge on any atom is 0.326 e. The molecule has 1 rings (SSSR count). The molecular weight excluding hydrogens is 320 g/mol. The monoisotopic (exact) mass is 329 g/mol. The quantitative estimate of drug-likeness (QED) is 0.836. The summed E-state index contributed by atoms with van der Waals surface area (Å²) in [5.74, 6) is -1.02. The Morgan fingerprint density at radius 3 is 2.53 bits per heavy atom. The van der Waals surface area contributed by atoms with Crippen molar-refractivity contribution in [2.75, 3.05) is 13.8 Å². The summed E-state index contributed by atoms with van der Waals surface area (Å²) in [5.41, 5.74) is 0. The molecule has 9 heteroatoms. The largest absolute Gasteiger partial charge is 0.468 e. The third-order valence-electron chi connectivity index (χ3n) is 2.14. The molecule has 0 spiro atoms. The average molecular weight is 330 g/mol. The van der Waals surface area contributed by atoms with Gasteiger partial charge in [-0.25, -0.2) is 12.8 Å². The van der Waals surface area contributed by atoms with Crippen molar-refractivity contribution in [1.82, 2.24) is 4.72 Å². The number of benzene rings is 1. The first-order valence-corrected chi connectivity index (χ1v) is 7.17. The first-order chi connectivity index (χ1) is 8.81. The second kappa shape index (κ2) is 6.51. The predicted molar refractivity (Wildman–Crippen MR) is 68.6 cm³/mol. The number of hydrogen-bond acceptors (Lipinski definition) is 4. The second-order valence-corrected chi connectivity index (χ2v) is 5.96. The topological polar surface area (TPSA) is 72.5 Å². The van der Waals surface area contributed by atoms with Gasteiger partial charge in [-0.3, -0.25) is 4.79 Å². The zero-order chi connectivity index (χ0) is 14.6. The van der Waals surface area contributed by atoms with Gasteiger partial charge in [0.2, 0.25) is 10.0 Å². The van der Waals surface area contributed by atoms with Crippen molar-refractivity contribution >= 4 is 39.2 Å². The summed E-state index contributed by atoms with van der Waals surface area (Å²) >= 11 is 11.3. The smallest absolute Gasteiger partial charge is 0.326 e. The van der Waals surface area contributed by atoms with Crippen LogP contribution in [-0.2, 0) is 19.6 Å². The van der Waals surface area contributed by atoms with Gasteiger partial charge in [0.1, 0.15) is 12.7 Å². The van der Waals surface area contributed by atoms with Crippen molar-refractivity contribution in [1.29, 1.82) is 0 Å². The number of hydrogen-bond donors (Lipinski definition) is 1. The summed E-state index contributed by atoms with van der Waals surface area (Å²) in [7, 11) is -3.07. The lowest BCUT2D eigenvalue weighted by Gasteiger charge is -2.13. The van der Waals surface area contributed by atoms with E-state index in [0.717, 1.165) is 13.2 Å². The zero-order valence-electron chi connectivity index (χ0n) is 9.69. The lowest BCUT2D eigenvalue weighted by Crippen LogP contribution is -2.42. The Balaban J connectivity index is 3.03. The van der Waals surface area contributed by atoms with Gasteiger partial charge in [0.25, 0.3) is 0 Å². The van der Waals surface area contributed by atoms with E-state index in [1.807, 2.05) is 4.72 Å². The molecule has 1 aromatic rings. The molecule has 1 N–H and O–H groups in total. The van der Waals surface area contributed by atoms with Crippen LogP contribution in [0.5, 0.6) is 0 Å². The molecule has 5 nitrogen and oxygen atoms in total. The lowest BCUT2D eigenvalue weighted by molar-refractivity contribution is -0.142. The van der Waals surface area contributed by atoms with Gasteiger partial charge in [0.05, 0.1) is 22.1 Å². The van der Waals surface area contributed by atoms with Gasteiger partial charge in [-0.05, 0) is 18.2 Å². The van der Waals surface area contributed by atoms with E-state index in [1.54, 1.807) is 0 Å². The van der Waals surface area contributed by atoms with Crippen LogP contribution in [0.2, 0.25) is 10.0 Å². The summed E-state index contributed by atoms with van der Waals surface area (Å²) in [6, 6.07) is 1.95. The van der Waals surface area contributed by atoms with Gasteiger partial charge < -0.3 is 4.74 Å². The van der Waals surface area contributed by atoms with Gasteiger partial charge >= 0.3 is 5.97 Å². The molecule has 0 saturated carbocycles. The molecule has 0 bridgehead atoms. The van der Waals surface area contributed by atoms with Gasteiger partial charge in [-0.1, -0.05) is 23.2 Å². The number of ether oxygens (including phenoxy) is 1. The van der Waals surface area contributed by atoms with Gasteiger partial charge in [-0.2, -0.15) is 4.72 Å². The van der Waals surface area contributed by atoms with Crippen LogP contribution in [-0.4, -0.2) is 34.2 Å². The summed E-state index contributed by atoms with van der Waals surface area (Å²) in [5, 5.41) is 0.204. The summed E-state index contributed by atoms with van der Waals surface area (Å²) in [4.78, 5) is 10.9. The minimum atomic E-state index is -4.10. The zero-order valence-corrected chi connectivity index (χ0v) is 12.0. The highest BCUT2D eigenvalue weighted by molar-refractivity contribution is 7.89. The molecule has 0 heterocycles. The highest BCUT2D eigenvalue weighted by Gasteiger charge is 2.26. The van der Waals surface area contributed by atoms with Gasteiger partial charge in [0, 0.05) is 0 Å². The molecule has 106 valence electrons. The van der Waals surface area contributed by atoms with E-state index in [1.165, 1.54) is 12.1 Å². The van der Waals surface area contributed by atoms with Crippen LogP contribution in [0.4, 0.5) is 4.39 Å². The highest BCUT2D eigenvalue weighted by atomic mass is 35.5. The molecule has 0 amide bonds. The normalized spacial score (nSPS) is 13.1. The van der Waals surface area contributed by atoms with Crippen molar-refractivity contribution < 1.29 is 22.3 Å². The Kier molecular flexibility index (Phi) is 5.54. The number of sulfonamides is 1. The molecule has 19 heavy (non-hydrogen) atoms. The van der Waals surface area contributed by atoms with Gasteiger partial charge in [-0.15, -0.1) is 0 Å². The number of esters is 1. The first kappa shape index (κ1) is 16.2. The molecule has 0 radical (unpaired) electrons. The van der Waals surface area contributed by atoms with Crippen LogP contribution in [0, 0.1) is 0 Å². The molecule has 0 saturated heterocycles. The molecule has 0 aliphatic rings. The number of rotatable bonds is 5. The van der Waals surface area contributed by atoms with Crippen molar-refractivity contribution in [3.63, 3.8) is 0 Å². The maximum absolute atomic E-state index is 12.6. The Morgan fingerprint density at radius 2 is 2.05 bits per heavy atom. The average Bonchev–Trinajstić information content (AvgIpc) is 2.38. The molecule has 0 aliphatic heterocycles. The number of alkyl halides is 1. The van der Waals surface area contributed by atoms with E-state index in [0.29, 0.717) is 0 Å². The number of carbonyl (C=O) groups is 1. The predicted octanol–water partition coefficient (Wildman–Crippen LogP) is 1.78. The number of methoxy groups -OCH3 is 1. The van der Waals surface area contributed by atoms with Crippen LogP contribution in [0.3, 0.4) is 0 Å². The van der Waals surface area contributed by atoms with Crippen molar-refractivity contribution in [3.8, 4) is 0 Å². The van der Waals surface area contributed by atoms with E-state index < -0.39 is 28.7 Å². The fourth-order valence-corrected chi connectivity index (χ4v) is 2.74. The van der Waals surface area contributed by atoms with Gasteiger partial charge in [0.15, 0.2) is 0 Å². The Labute approximate surface area is 119 Å². The third-order valence-corrected chi connectivity index (χ3v) is 4.35. The molecule has 1 atom stereocenters. The summed E-state index contributed by atoms with van der Waals surface area (Å²) in [6.45, 7) is -1.23. The number of halogens is 3. The molecule has 1 unspecified atom stereocenters.